The van der Waals surface area contributed by atoms with Crippen molar-refractivity contribution in [3.8, 4) is 11.3 Å². The number of benzene rings is 1. The maximum absolute atomic E-state index is 4.63. The van der Waals surface area contributed by atoms with E-state index >= 15 is 0 Å². The van der Waals surface area contributed by atoms with Gasteiger partial charge in [-0.2, -0.15) is 0 Å². The molecule has 0 bridgehead atoms. The zero-order valence-electron chi connectivity index (χ0n) is 11.5. The number of hydrogen-bond acceptors (Lipinski definition) is 2. The summed E-state index contributed by atoms with van der Waals surface area (Å²) in [5, 5.41) is 0. The molecule has 1 heterocycles. The van der Waals surface area contributed by atoms with Gasteiger partial charge in [-0.05, 0) is 40.4 Å². The molecule has 0 atom stereocenters. The standard InChI is InChI=1S/C16H19BrN2/c1-3-5-12-7-9-13(10-8-12)14-11-15(17)19-16(18-14)6-4-2/h7-11H,3-6H2,1-2H3. The molecule has 0 unspecified atom stereocenters. The second-order valence-electron chi connectivity index (χ2n) is 4.69. The SMILES string of the molecule is CCCc1ccc(-c2cc(Br)nc(CCC)n2)cc1. The van der Waals surface area contributed by atoms with Crippen LogP contribution in [0.25, 0.3) is 11.3 Å². The Morgan fingerprint density at radius 3 is 2.26 bits per heavy atom. The Bertz CT molecular complexity index is 535. The zero-order valence-corrected chi connectivity index (χ0v) is 13.1. The van der Waals surface area contributed by atoms with Gasteiger partial charge in [0.15, 0.2) is 0 Å². The third kappa shape index (κ3) is 3.87. The predicted octanol–water partition coefficient (Wildman–Crippen LogP) is 4.81. The van der Waals surface area contributed by atoms with Crippen LogP contribution in [0.2, 0.25) is 0 Å². The molecule has 1 aromatic heterocycles. The van der Waals surface area contributed by atoms with Crippen LogP contribution in [0.4, 0.5) is 0 Å². The lowest BCUT2D eigenvalue weighted by Gasteiger charge is -2.06. The van der Waals surface area contributed by atoms with Gasteiger partial charge in [0.25, 0.3) is 0 Å². The van der Waals surface area contributed by atoms with Crippen molar-refractivity contribution in [2.45, 2.75) is 39.5 Å². The molecular formula is C16H19BrN2. The molecule has 2 rings (SSSR count). The van der Waals surface area contributed by atoms with Crippen molar-refractivity contribution in [2.75, 3.05) is 0 Å². The molecule has 1 aromatic carbocycles. The van der Waals surface area contributed by atoms with Crippen LogP contribution < -0.4 is 0 Å². The fourth-order valence-electron chi connectivity index (χ4n) is 2.08. The van der Waals surface area contributed by atoms with Gasteiger partial charge >= 0.3 is 0 Å². The van der Waals surface area contributed by atoms with E-state index in [1.807, 2.05) is 6.07 Å². The van der Waals surface area contributed by atoms with E-state index in [4.69, 9.17) is 0 Å². The van der Waals surface area contributed by atoms with Crippen molar-refractivity contribution in [1.82, 2.24) is 9.97 Å². The van der Waals surface area contributed by atoms with Crippen LogP contribution in [0.15, 0.2) is 34.9 Å². The second-order valence-corrected chi connectivity index (χ2v) is 5.50. The Balaban J connectivity index is 2.29. The van der Waals surface area contributed by atoms with Gasteiger partial charge < -0.3 is 0 Å². The minimum absolute atomic E-state index is 0.860. The average molecular weight is 319 g/mol. The molecule has 0 radical (unpaired) electrons. The lowest BCUT2D eigenvalue weighted by Crippen LogP contribution is -1.97. The molecule has 2 nitrogen and oxygen atoms in total. The van der Waals surface area contributed by atoms with Crippen LogP contribution in [0.5, 0.6) is 0 Å². The Morgan fingerprint density at radius 1 is 0.947 bits per heavy atom. The lowest BCUT2D eigenvalue weighted by molar-refractivity contribution is 0.831. The maximum atomic E-state index is 4.63. The number of nitrogens with zero attached hydrogens (tertiary/aromatic N) is 2. The van der Waals surface area contributed by atoms with Crippen LogP contribution in [0, 0.1) is 0 Å². The first-order valence-electron chi connectivity index (χ1n) is 6.85. The zero-order chi connectivity index (χ0) is 13.7. The molecule has 0 aliphatic rings. The molecule has 0 fully saturated rings. The van der Waals surface area contributed by atoms with E-state index < -0.39 is 0 Å². The highest BCUT2D eigenvalue weighted by molar-refractivity contribution is 9.10. The van der Waals surface area contributed by atoms with E-state index in [1.54, 1.807) is 0 Å². The van der Waals surface area contributed by atoms with Crippen LogP contribution in [0.3, 0.4) is 0 Å². The van der Waals surface area contributed by atoms with E-state index in [0.717, 1.165) is 40.9 Å². The van der Waals surface area contributed by atoms with Crippen molar-refractivity contribution in [3.05, 3.63) is 46.3 Å². The summed E-state index contributed by atoms with van der Waals surface area (Å²) in [7, 11) is 0. The monoisotopic (exact) mass is 318 g/mol. The molecule has 0 aliphatic heterocycles. The Labute approximate surface area is 123 Å². The molecule has 100 valence electrons. The van der Waals surface area contributed by atoms with E-state index in [-0.39, 0.29) is 0 Å². The fourth-order valence-corrected chi connectivity index (χ4v) is 2.50. The molecule has 19 heavy (non-hydrogen) atoms. The molecular weight excluding hydrogens is 300 g/mol. The van der Waals surface area contributed by atoms with Gasteiger partial charge in [0.1, 0.15) is 10.4 Å². The number of hydrogen-bond donors (Lipinski definition) is 0. The van der Waals surface area contributed by atoms with Crippen LogP contribution in [0.1, 0.15) is 38.1 Å². The maximum Gasteiger partial charge on any atom is 0.130 e. The van der Waals surface area contributed by atoms with E-state index in [9.17, 15) is 0 Å². The average Bonchev–Trinajstić information content (AvgIpc) is 2.40. The van der Waals surface area contributed by atoms with Gasteiger partial charge in [-0.3, -0.25) is 0 Å². The lowest BCUT2D eigenvalue weighted by atomic mass is 10.1. The van der Waals surface area contributed by atoms with E-state index in [2.05, 4.69) is 64.0 Å². The largest absolute Gasteiger partial charge is 0.233 e. The van der Waals surface area contributed by atoms with Crippen molar-refractivity contribution in [1.29, 1.82) is 0 Å². The smallest absolute Gasteiger partial charge is 0.130 e. The van der Waals surface area contributed by atoms with Gasteiger partial charge in [-0.1, -0.05) is 44.5 Å². The van der Waals surface area contributed by atoms with Gasteiger partial charge in [0.05, 0.1) is 5.69 Å². The summed E-state index contributed by atoms with van der Waals surface area (Å²) in [6.45, 7) is 4.34. The Hall–Kier alpha value is -1.22. The summed E-state index contributed by atoms with van der Waals surface area (Å²) in [5.74, 6) is 0.907. The van der Waals surface area contributed by atoms with Crippen molar-refractivity contribution < 1.29 is 0 Å². The van der Waals surface area contributed by atoms with Crippen molar-refractivity contribution in [2.24, 2.45) is 0 Å². The molecule has 0 saturated heterocycles. The molecule has 3 heteroatoms. The number of rotatable bonds is 5. The Morgan fingerprint density at radius 2 is 1.63 bits per heavy atom. The predicted molar refractivity (Wildman–Crippen MR) is 83.2 cm³/mol. The summed E-state index contributed by atoms with van der Waals surface area (Å²) in [4.78, 5) is 9.03. The quantitative estimate of drug-likeness (QED) is 0.739. The molecule has 0 amide bonds. The topological polar surface area (TPSA) is 25.8 Å². The minimum Gasteiger partial charge on any atom is -0.233 e. The van der Waals surface area contributed by atoms with Gasteiger partial charge in [0.2, 0.25) is 0 Å². The third-order valence-corrected chi connectivity index (χ3v) is 3.41. The van der Waals surface area contributed by atoms with Crippen LogP contribution >= 0.6 is 15.9 Å². The molecule has 0 spiro atoms. The highest BCUT2D eigenvalue weighted by atomic mass is 79.9. The van der Waals surface area contributed by atoms with E-state index in [0.29, 0.717) is 0 Å². The summed E-state index contributed by atoms with van der Waals surface area (Å²) >= 11 is 3.47. The third-order valence-electron chi connectivity index (χ3n) is 3.00. The first-order valence-corrected chi connectivity index (χ1v) is 7.65. The highest BCUT2D eigenvalue weighted by Gasteiger charge is 2.05. The van der Waals surface area contributed by atoms with Crippen LogP contribution in [-0.4, -0.2) is 9.97 Å². The van der Waals surface area contributed by atoms with Gasteiger partial charge in [0, 0.05) is 12.0 Å². The highest BCUT2D eigenvalue weighted by Crippen LogP contribution is 2.21. The number of halogens is 1. The normalized spacial score (nSPS) is 10.7. The molecule has 0 saturated carbocycles. The van der Waals surface area contributed by atoms with E-state index in [1.165, 1.54) is 12.0 Å². The summed E-state index contributed by atoms with van der Waals surface area (Å²) < 4.78 is 0.860. The molecule has 0 aliphatic carbocycles. The number of aryl methyl sites for hydroxylation is 2. The van der Waals surface area contributed by atoms with Crippen LogP contribution in [-0.2, 0) is 12.8 Å². The van der Waals surface area contributed by atoms with Gasteiger partial charge in [-0.15, -0.1) is 0 Å². The summed E-state index contributed by atoms with van der Waals surface area (Å²) in [5.41, 5.74) is 3.53. The van der Waals surface area contributed by atoms with Crippen molar-refractivity contribution in [3.63, 3.8) is 0 Å². The summed E-state index contributed by atoms with van der Waals surface area (Å²) in [6.07, 6.45) is 4.29. The first-order chi connectivity index (χ1) is 9.22. The summed E-state index contributed by atoms with van der Waals surface area (Å²) in [6, 6.07) is 10.7. The van der Waals surface area contributed by atoms with Crippen molar-refractivity contribution >= 4 is 15.9 Å². The first kappa shape index (κ1) is 14.2. The number of aromatic nitrogens is 2. The van der Waals surface area contributed by atoms with Gasteiger partial charge in [-0.25, -0.2) is 9.97 Å². The second kappa shape index (κ2) is 6.80. The minimum atomic E-state index is 0.860. The fraction of sp³-hybridized carbons (Fsp3) is 0.375. The Kier molecular flexibility index (Phi) is 5.08. The molecule has 0 N–H and O–H groups in total. The molecule has 2 aromatic rings.